The normalized spacial score (nSPS) is 10.6. The van der Waals surface area contributed by atoms with E-state index in [9.17, 15) is 14.4 Å². The molecule has 0 aliphatic heterocycles. The van der Waals surface area contributed by atoms with Crippen molar-refractivity contribution in [2.75, 3.05) is 11.9 Å². The SMILES string of the molecule is O=C(COc1ccccc1)N/N=C\c1ccc(CNC(=O)C(=O)Nc2ccc(Cl)c(Cl)c2)o1. The monoisotopic (exact) mass is 488 g/mol. The molecule has 170 valence electrons. The molecule has 0 saturated heterocycles. The van der Waals surface area contributed by atoms with Crippen LogP contribution >= 0.6 is 23.2 Å². The van der Waals surface area contributed by atoms with E-state index in [2.05, 4.69) is 21.2 Å². The molecule has 1 heterocycles. The highest BCUT2D eigenvalue weighted by Crippen LogP contribution is 2.24. The first-order valence-electron chi connectivity index (χ1n) is 9.53. The molecule has 0 bridgehead atoms. The minimum Gasteiger partial charge on any atom is -0.484 e. The maximum atomic E-state index is 12.0. The van der Waals surface area contributed by atoms with E-state index in [-0.39, 0.29) is 18.2 Å². The number of para-hydroxylation sites is 1. The molecule has 1 aromatic heterocycles. The van der Waals surface area contributed by atoms with Crippen LogP contribution in [0.2, 0.25) is 10.0 Å². The van der Waals surface area contributed by atoms with Gasteiger partial charge in [0.15, 0.2) is 6.61 Å². The van der Waals surface area contributed by atoms with Gasteiger partial charge in [0.25, 0.3) is 5.91 Å². The number of amides is 3. The zero-order valence-corrected chi connectivity index (χ0v) is 18.5. The van der Waals surface area contributed by atoms with Crippen LogP contribution in [0, 0.1) is 0 Å². The first kappa shape index (κ1) is 23.8. The number of nitrogens with zero attached hydrogens (tertiary/aromatic N) is 1. The number of nitrogens with one attached hydrogen (secondary N) is 3. The zero-order valence-electron chi connectivity index (χ0n) is 17.0. The average molecular weight is 489 g/mol. The van der Waals surface area contributed by atoms with E-state index in [0.717, 1.165) is 0 Å². The lowest BCUT2D eigenvalue weighted by atomic mass is 10.3. The number of anilines is 1. The standard InChI is InChI=1S/C22H18Cl2N4O5/c23-18-9-6-14(10-19(18)24)27-22(31)21(30)25-11-16-7-8-17(33-16)12-26-28-20(29)13-32-15-4-2-1-3-5-15/h1-10,12H,11,13H2,(H,25,30)(H,27,31)(H,28,29)/b26-12-. The fourth-order valence-electron chi connectivity index (χ4n) is 2.43. The van der Waals surface area contributed by atoms with Crippen molar-refractivity contribution in [3.05, 3.63) is 82.2 Å². The van der Waals surface area contributed by atoms with Crippen molar-refractivity contribution in [2.45, 2.75) is 6.54 Å². The van der Waals surface area contributed by atoms with Crippen molar-refractivity contribution in [3.63, 3.8) is 0 Å². The Kier molecular flexibility index (Phi) is 8.45. The first-order chi connectivity index (χ1) is 15.9. The Morgan fingerprint density at radius 2 is 1.76 bits per heavy atom. The second-order valence-electron chi connectivity index (χ2n) is 6.46. The van der Waals surface area contributed by atoms with Crippen LogP contribution < -0.4 is 20.8 Å². The van der Waals surface area contributed by atoms with Gasteiger partial charge in [0, 0.05) is 5.69 Å². The smallest absolute Gasteiger partial charge is 0.313 e. The molecular formula is C22H18Cl2N4O5. The van der Waals surface area contributed by atoms with Crippen molar-refractivity contribution in [1.29, 1.82) is 0 Å². The summed E-state index contributed by atoms with van der Waals surface area (Å²) >= 11 is 11.7. The molecule has 0 atom stereocenters. The largest absolute Gasteiger partial charge is 0.484 e. The van der Waals surface area contributed by atoms with Crippen LogP contribution in [0.3, 0.4) is 0 Å². The van der Waals surface area contributed by atoms with Gasteiger partial charge in [0.1, 0.15) is 17.3 Å². The Balaban J connectivity index is 1.40. The molecule has 0 aliphatic carbocycles. The van der Waals surface area contributed by atoms with Crippen LogP contribution in [-0.4, -0.2) is 30.5 Å². The van der Waals surface area contributed by atoms with Gasteiger partial charge in [-0.1, -0.05) is 41.4 Å². The van der Waals surface area contributed by atoms with Crippen molar-refractivity contribution >= 4 is 52.8 Å². The number of ether oxygens (including phenoxy) is 1. The van der Waals surface area contributed by atoms with E-state index in [1.807, 2.05) is 6.07 Å². The summed E-state index contributed by atoms with van der Waals surface area (Å²) in [5.74, 6) is -0.891. The quantitative estimate of drug-likeness (QED) is 0.255. The Morgan fingerprint density at radius 1 is 0.970 bits per heavy atom. The molecular weight excluding hydrogens is 471 g/mol. The van der Waals surface area contributed by atoms with Gasteiger partial charge in [-0.15, -0.1) is 0 Å². The first-order valence-corrected chi connectivity index (χ1v) is 10.3. The predicted octanol–water partition coefficient (Wildman–Crippen LogP) is 3.37. The Hall–Kier alpha value is -3.82. The van der Waals surface area contributed by atoms with E-state index >= 15 is 0 Å². The van der Waals surface area contributed by atoms with E-state index in [0.29, 0.717) is 28.0 Å². The second kappa shape index (κ2) is 11.7. The molecule has 3 amide bonds. The third-order valence-corrected chi connectivity index (χ3v) is 4.72. The minimum atomic E-state index is -0.873. The summed E-state index contributed by atoms with van der Waals surface area (Å²) in [6, 6.07) is 16.5. The summed E-state index contributed by atoms with van der Waals surface area (Å²) < 4.78 is 10.8. The highest BCUT2D eigenvalue weighted by Gasteiger charge is 2.15. The molecule has 9 nitrogen and oxygen atoms in total. The molecule has 11 heteroatoms. The van der Waals surface area contributed by atoms with Crippen molar-refractivity contribution in [1.82, 2.24) is 10.7 Å². The molecule has 0 aliphatic rings. The molecule has 0 unspecified atom stereocenters. The molecule has 33 heavy (non-hydrogen) atoms. The van der Waals surface area contributed by atoms with Crippen LogP contribution in [0.25, 0.3) is 0 Å². The number of hydrazone groups is 1. The molecule has 0 radical (unpaired) electrons. The van der Waals surface area contributed by atoms with Crippen LogP contribution in [-0.2, 0) is 20.9 Å². The van der Waals surface area contributed by atoms with Gasteiger partial charge in [-0.3, -0.25) is 14.4 Å². The third-order valence-electron chi connectivity index (χ3n) is 3.98. The second-order valence-corrected chi connectivity index (χ2v) is 7.28. The maximum Gasteiger partial charge on any atom is 0.313 e. The van der Waals surface area contributed by atoms with E-state index < -0.39 is 17.7 Å². The van der Waals surface area contributed by atoms with Crippen LogP contribution in [0.5, 0.6) is 5.75 Å². The molecule has 0 fully saturated rings. The van der Waals surface area contributed by atoms with E-state index in [1.54, 1.807) is 36.4 Å². The third kappa shape index (κ3) is 7.67. The van der Waals surface area contributed by atoms with Crippen LogP contribution in [0.1, 0.15) is 11.5 Å². The van der Waals surface area contributed by atoms with Gasteiger partial charge >= 0.3 is 11.8 Å². The van der Waals surface area contributed by atoms with Crippen molar-refractivity contribution in [3.8, 4) is 5.75 Å². The van der Waals surface area contributed by atoms with E-state index in [1.165, 1.54) is 24.4 Å². The molecule has 3 aromatic rings. The van der Waals surface area contributed by atoms with Gasteiger partial charge in [-0.05, 0) is 42.5 Å². The highest BCUT2D eigenvalue weighted by molar-refractivity contribution is 6.42. The fraction of sp³-hybridized carbons (Fsp3) is 0.0909. The summed E-state index contributed by atoms with van der Waals surface area (Å²) in [6.07, 6.45) is 1.29. The van der Waals surface area contributed by atoms with E-state index in [4.69, 9.17) is 32.4 Å². The Morgan fingerprint density at radius 3 is 2.52 bits per heavy atom. The summed E-state index contributed by atoms with van der Waals surface area (Å²) in [4.78, 5) is 35.7. The fourth-order valence-corrected chi connectivity index (χ4v) is 2.73. The van der Waals surface area contributed by atoms with Gasteiger partial charge in [0.2, 0.25) is 0 Å². The number of rotatable bonds is 8. The number of hydrogen-bond donors (Lipinski definition) is 3. The molecule has 0 spiro atoms. The summed E-state index contributed by atoms with van der Waals surface area (Å²) in [5, 5.41) is 9.20. The molecule has 2 aromatic carbocycles. The molecule has 0 saturated carbocycles. The van der Waals surface area contributed by atoms with Gasteiger partial charge in [-0.2, -0.15) is 5.10 Å². The maximum absolute atomic E-state index is 12.0. The number of halogens is 2. The number of furan rings is 1. The average Bonchev–Trinajstić information content (AvgIpc) is 3.27. The minimum absolute atomic E-state index is 0.0290. The lowest BCUT2D eigenvalue weighted by Crippen LogP contribution is -2.34. The van der Waals surface area contributed by atoms with Gasteiger partial charge < -0.3 is 19.8 Å². The topological polar surface area (TPSA) is 122 Å². The highest BCUT2D eigenvalue weighted by atomic mass is 35.5. The van der Waals surface area contributed by atoms with Crippen LogP contribution in [0.15, 0.2) is 70.2 Å². The number of carbonyl (C=O) groups is 3. The Bertz CT molecular complexity index is 1160. The molecule has 3 rings (SSSR count). The van der Waals surface area contributed by atoms with Gasteiger partial charge in [0.05, 0.1) is 22.8 Å². The lowest BCUT2D eigenvalue weighted by Gasteiger charge is -2.06. The lowest BCUT2D eigenvalue weighted by molar-refractivity contribution is -0.136. The van der Waals surface area contributed by atoms with Crippen LogP contribution in [0.4, 0.5) is 5.69 Å². The summed E-state index contributed by atoms with van der Waals surface area (Å²) in [6.45, 7) is -0.222. The van der Waals surface area contributed by atoms with Gasteiger partial charge in [-0.25, -0.2) is 5.43 Å². The number of carbonyl (C=O) groups excluding carboxylic acids is 3. The zero-order chi connectivity index (χ0) is 23.6. The number of hydrogen-bond acceptors (Lipinski definition) is 6. The van der Waals surface area contributed by atoms with Crippen molar-refractivity contribution < 1.29 is 23.5 Å². The van der Waals surface area contributed by atoms with Crippen molar-refractivity contribution in [2.24, 2.45) is 5.10 Å². The summed E-state index contributed by atoms with van der Waals surface area (Å²) in [7, 11) is 0. The summed E-state index contributed by atoms with van der Waals surface area (Å²) in [5.41, 5.74) is 2.64. The Labute approximate surface area is 198 Å². The number of benzene rings is 2. The molecule has 3 N–H and O–H groups in total. The predicted molar refractivity (Wildman–Crippen MR) is 123 cm³/mol.